The van der Waals surface area contributed by atoms with Crippen LogP contribution >= 0.6 is 11.8 Å². The minimum Gasteiger partial charge on any atom is -0.468 e. The summed E-state index contributed by atoms with van der Waals surface area (Å²) in [6.45, 7) is 1.95. The van der Waals surface area contributed by atoms with Crippen LogP contribution in [0, 0.1) is 0 Å². The third-order valence-corrected chi connectivity index (χ3v) is 3.95. The molecule has 1 heterocycles. The van der Waals surface area contributed by atoms with Crippen LogP contribution in [0.15, 0.2) is 53.1 Å². The molecule has 2 aromatic rings. The summed E-state index contributed by atoms with van der Waals surface area (Å²) in [5.41, 5.74) is 0.684. The lowest BCUT2D eigenvalue weighted by atomic mass is 10.3. The van der Waals surface area contributed by atoms with Crippen molar-refractivity contribution >= 4 is 29.3 Å². The number of hydrogen-bond acceptors (Lipinski definition) is 5. The standard InChI is InChI=1S/C17H19NO4S/c1-2-21-17(20)11-18(14-7-4-3-5-8-14)16(19)13-23-12-15-9-6-10-22-15/h3-10H,2,11-13H2,1H3. The Morgan fingerprint density at radius 2 is 1.96 bits per heavy atom. The van der Waals surface area contributed by atoms with Gasteiger partial charge >= 0.3 is 5.97 Å². The van der Waals surface area contributed by atoms with Gasteiger partial charge in [0.2, 0.25) is 5.91 Å². The van der Waals surface area contributed by atoms with Gasteiger partial charge in [-0.3, -0.25) is 9.59 Å². The van der Waals surface area contributed by atoms with Gasteiger partial charge < -0.3 is 14.1 Å². The molecule has 2 rings (SSSR count). The van der Waals surface area contributed by atoms with Crippen LogP contribution in [0.2, 0.25) is 0 Å². The summed E-state index contributed by atoms with van der Waals surface area (Å²) >= 11 is 1.45. The van der Waals surface area contributed by atoms with E-state index in [2.05, 4.69) is 0 Å². The van der Waals surface area contributed by atoms with Crippen molar-refractivity contribution in [3.63, 3.8) is 0 Å². The normalized spacial score (nSPS) is 10.3. The van der Waals surface area contributed by atoms with E-state index in [1.807, 2.05) is 30.3 Å². The van der Waals surface area contributed by atoms with Crippen molar-refractivity contribution in [3.05, 3.63) is 54.5 Å². The number of furan rings is 1. The number of carbonyl (C=O) groups excluding carboxylic acids is 2. The van der Waals surface area contributed by atoms with Crippen molar-refractivity contribution in [1.29, 1.82) is 0 Å². The van der Waals surface area contributed by atoms with Crippen LogP contribution in [0.25, 0.3) is 0 Å². The molecule has 0 radical (unpaired) electrons. The molecule has 0 aliphatic heterocycles. The third-order valence-electron chi connectivity index (χ3n) is 3.01. The molecular weight excluding hydrogens is 314 g/mol. The van der Waals surface area contributed by atoms with Crippen LogP contribution in [0.4, 0.5) is 5.69 Å². The molecule has 122 valence electrons. The second kappa shape index (κ2) is 9.05. The highest BCUT2D eigenvalue weighted by Gasteiger charge is 2.19. The molecule has 5 nitrogen and oxygen atoms in total. The average Bonchev–Trinajstić information content (AvgIpc) is 3.07. The molecule has 1 aromatic heterocycles. The number of benzene rings is 1. The second-order valence-corrected chi connectivity index (χ2v) is 5.68. The zero-order chi connectivity index (χ0) is 16.5. The quantitative estimate of drug-likeness (QED) is 0.695. The Bertz CT molecular complexity index is 613. The first-order valence-corrected chi connectivity index (χ1v) is 8.47. The Balaban J connectivity index is 1.97. The van der Waals surface area contributed by atoms with Gasteiger partial charge in [0, 0.05) is 5.69 Å². The van der Waals surface area contributed by atoms with E-state index in [0.717, 1.165) is 5.76 Å². The fourth-order valence-corrected chi connectivity index (χ4v) is 2.78. The largest absolute Gasteiger partial charge is 0.468 e. The van der Waals surface area contributed by atoms with Crippen molar-refractivity contribution in [2.24, 2.45) is 0 Å². The van der Waals surface area contributed by atoms with Crippen LogP contribution < -0.4 is 4.90 Å². The Morgan fingerprint density at radius 1 is 1.17 bits per heavy atom. The molecule has 0 N–H and O–H groups in total. The molecule has 0 bridgehead atoms. The molecule has 0 fully saturated rings. The molecule has 0 aliphatic rings. The predicted octanol–water partition coefficient (Wildman–Crippen LogP) is 3.11. The Hall–Kier alpha value is -2.21. The lowest BCUT2D eigenvalue weighted by Crippen LogP contribution is -2.37. The number of para-hydroxylation sites is 1. The van der Waals surface area contributed by atoms with Gasteiger partial charge in [0.25, 0.3) is 0 Å². The van der Waals surface area contributed by atoms with Crippen LogP contribution in [0.3, 0.4) is 0 Å². The van der Waals surface area contributed by atoms with Gasteiger partial charge in [-0.05, 0) is 31.2 Å². The number of anilines is 1. The van der Waals surface area contributed by atoms with Crippen LogP contribution in [0.5, 0.6) is 0 Å². The molecular formula is C17H19NO4S. The lowest BCUT2D eigenvalue weighted by molar-refractivity contribution is -0.142. The van der Waals surface area contributed by atoms with E-state index in [1.54, 1.807) is 25.3 Å². The van der Waals surface area contributed by atoms with Crippen LogP contribution in [-0.2, 0) is 20.1 Å². The summed E-state index contributed by atoms with van der Waals surface area (Å²) < 4.78 is 10.2. The monoisotopic (exact) mass is 333 g/mol. The second-order valence-electron chi connectivity index (χ2n) is 4.69. The highest BCUT2D eigenvalue weighted by Crippen LogP contribution is 2.17. The summed E-state index contributed by atoms with van der Waals surface area (Å²) in [5, 5.41) is 0. The minimum absolute atomic E-state index is 0.0853. The zero-order valence-corrected chi connectivity index (χ0v) is 13.8. The van der Waals surface area contributed by atoms with Gasteiger partial charge in [0.1, 0.15) is 12.3 Å². The van der Waals surface area contributed by atoms with Crippen LogP contribution in [0.1, 0.15) is 12.7 Å². The maximum Gasteiger partial charge on any atom is 0.326 e. The molecule has 0 spiro atoms. The minimum atomic E-state index is -0.416. The zero-order valence-electron chi connectivity index (χ0n) is 12.9. The van der Waals surface area contributed by atoms with Crippen molar-refractivity contribution in [2.75, 3.05) is 23.8 Å². The average molecular weight is 333 g/mol. The molecule has 0 unspecified atom stereocenters. The molecule has 0 atom stereocenters. The smallest absolute Gasteiger partial charge is 0.326 e. The maximum atomic E-state index is 12.5. The first-order chi connectivity index (χ1) is 11.2. The SMILES string of the molecule is CCOC(=O)CN(C(=O)CSCc1ccco1)c1ccccc1. The molecule has 1 amide bonds. The topological polar surface area (TPSA) is 59.8 Å². The molecule has 0 saturated heterocycles. The van der Waals surface area contributed by atoms with Crippen LogP contribution in [-0.4, -0.2) is 30.8 Å². The van der Waals surface area contributed by atoms with E-state index >= 15 is 0 Å². The van der Waals surface area contributed by atoms with E-state index in [4.69, 9.17) is 9.15 Å². The van der Waals surface area contributed by atoms with E-state index in [-0.39, 0.29) is 18.2 Å². The number of nitrogens with zero attached hydrogens (tertiary/aromatic N) is 1. The van der Waals surface area contributed by atoms with Crippen molar-refractivity contribution < 1.29 is 18.7 Å². The fourth-order valence-electron chi connectivity index (χ4n) is 1.98. The van der Waals surface area contributed by atoms with Crippen molar-refractivity contribution in [3.8, 4) is 0 Å². The number of thioether (sulfide) groups is 1. The number of esters is 1. The predicted molar refractivity (Wildman–Crippen MR) is 90.3 cm³/mol. The summed E-state index contributed by atoms with van der Waals surface area (Å²) in [7, 11) is 0. The Morgan fingerprint density at radius 3 is 2.61 bits per heavy atom. The first kappa shape index (κ1) is 17.1. The fraction of sp³-hybridized carbons (Fsp3) is 0.294. The highest BCUT2D eigenvalue weighted by atomic mass is 32.2. The van der Waals surface area contributed by atoms with Gasteiger partial charge in [-0.1, -0.05) is 18.2 Å². The lowest BCUT2D eigenvalue weighted by Gasteiger charge is -2.21. The van der Waals surface area contributed by atoms with E-state index in [1.165, 1.54) is 16.7 Å². The van der Waals surface area contributed by atoms with Gasteiger partial charge in [-0.2, -0.15) is 0 Å². The van der Waals surface area contributed by atoms with Gasteiger partial charge in [-0.25, -0.2) is 0 Å². The molecule has 0 saturated carbocycles. The summed E-state index contributed by atoms with van der Waals surface area (Å²) in [4.78, 5) is 25.7. The summed E-state index contributed by atoms with van der Waals surface area (Å²) in [5.74, 6) is 1.14. The van der Waals surface area contributed by atoms with Gasteiger partial charge in [0.05, 0.1) is 24.4 Å². The number of hydrogen-bond donors (Lipinski definition) is 0. The number of rotatable bonds is 8. The number of amides is 1. The maximum absolute atomic E-state index is 12.5. The summed E-state index contributed by atoms with van der Waals surface area (Å²) in [6.07, 6.45) is 1.61. The summed E-state index contributed by atoms with van der Waals surface area (Å²) in [6, 6.07) is 12.8. The molecule has 6 heteroatoms. The molecule has 1 aromatic carbocycles. The van der Waals surface area contributed by atoms with Gasteiger partial charge in [0.15, 0.2) is 0 Å². The number of carbonyl (C=O) groups is 2. The Kier molecular flexibility index (Phi) is 6.75. The molecule has 23 heavy (non-hydrogen) atoms. The van der Waals surface area contributed by atoms with E-state index in [0.29, 0.717) is 18.0 Å². The van der Waals surface area contributed by atoms with Crippen molar-refractivity contribution in [2.45, 2.75) is 12.7 Å². The van der Waals surface area contributed by atoms with E-state index < -0.39 is 5.97 Å². The first-order valence-electron chi connectivity index (χ1n) is 7.32. The Labute approximate surface area is 139 Å². The van der Waals surface area contributed by atoms with Crippen molar-refractivity contribution in [1.82, 2.24) is 0 Å². The molecule has 0 aliphatic carbocycles. The van der Waals surface area contributed by atoms with E-state index in [9.17, 15) is 9.59 Å². The highest BCUT2D eigenvalue weighted by molar-refractivity contribution is 7.99. The number of ether oxygens (including phenoxy) is 1. The third kappa shape index (κ3) is 5.49. The van der Waals surface area contributed by atoms with Gasteiger partial charge in [-0.15, -0.1) is 11.8 Å².